The first-order chi connectivity index (χ1) is 13.2. The number of nitrogen functional groups attached to an aromatic ring is 1. The lowest BCUT2D eigenvalue weighted by molar-refractivity contribution is 0.306. The summed E-state index contributed by atoms with van der Waals surface area (Å²) in [7, 11) is 0. The van der Waals surface area contributed by atoms with Crippen LogP contribution in [0.1, 0.15) is 5.56 Å². The number of nitrogens with zero attached hydrogens (tertiary/aromatic N) is 4. The van der Waals surface area contributed by atoms with Crippen LogP contribution in [-0.4, -0.2) is 20.4 Å². The Balaban J connectivity index is 1.74. The first kappa shape index (κ1) is 16.6. The van der Waals surface area contributed by atoms with Crippen molar-refractivity contribution in [2.75, 3.05) is 5.73 Å². The maximum Gasteiger partial charge on any atom is 0.221 e. The fourth-order valence-corrected chi connectivity index (χ4v) is 2.88. The molecule has 0 unspecified atom stereocenters. The van der Waals surface area contributed by atoms with Crippen molar-refractivity contribution in [3.05, 3.63) is 79.1 Å². The van der Waals surface area contributed by atoms with Gasteiger partial charge in [-0.2, -0.15) is 4.98 Å². The van der Waals surface area contributed by atoms with E-state index in [-0.39, 0.29) is 5.95 Å². The monoisotopic (exact) mass is 355 g/mol. The Hall–Kier alpha value is -3.89. The van der Waals surface area contributed by atoms with Gasteiger partial charge in [0.05, 0.1) is 11.2 Å². The Morgan fingerprint density at radius 3 is 2.78 bits per heavy atom. The highest BCUT2D eigenvalue weighted by atomic mass is 16.5. The van der Waals surface area contributed by atoms with Crippen LogP contribution >= 0.6 is 0 Å². The van der Waals surface area contributed by atoms with E-state index in [2.05, 4.69) is 27.4 Å². The minimum absolute atomic E-state index is 0.214. The SMILES string of the molecule is C=C=Nc1cn(-c2ccnc(N)n2)c2ccc(OCc3ccccc3)cc12. The molecule has 2 aromatic carbocycles. The number of ether oxygens (including phenoxy) is 1. The van der Waals surface area contributed by atoms with E-state index < -0.39 is 0 Å². The largest absolute Gasteiger partial charge is 0.489 e. The van der Waals surface area contributed by atoms with Crippen LogP contribution in [0.25, 0.3) is 16.7 Å². The summed E-state index contributed by atoms with van der Waals surface area (Å²) in [5, 5.41) is 0.911. The lowest BCUT2D eigenvalue weighted by atomic mass is 10.2. The zero-order valence-electron chi connectivity index (χ0n) is 14.5. The Morgan fingerprint density at radius 2 is 2.00 bits per heavy atom. The van der Waals surface area contributed by atoms with E-state index in [1.165, 1.54) is 0 Å². The zero-order valence-corrected chi connectivity index (χ0v) is 14.5. The number of nitrogens with two attached hydrogens (primary N) is 1. The summed E-state index contributed by atoms with van der Waals surface area (Å²) < 4.78 is 7.84. The van der Waals surface area contributed by atoms with Crippen LogP contribution in [0.5, 0.6) is 5.75 Å². The second-order valence-electron chi connectivity index (χ2n) is 5.88. The van der Waals surface area contributed by atoms with Crippen LogP contribution in [0.15, 0.2) is 78.6 Å². The van der Waals surface area contributed by atoms with Gasteiger partial charge in [-0.05, 0) is 42.3 Å². The third-order valence-corrected chi connectivity index (χ3v) is 4.11. The standard InChI is InChI=1S/C21H17N5O/c1-2-23-18-13-26(20-10-11-24-21(22)25-20)19-9-8-16(12-17(18)19)27-14-15-6-4-3-5-7-15/h3-13H,1,14H2,(H2,22,24,25). The molecular weight excluding hydrogens is 338 g/mol. The lowest BCUT2D eigenvalue weighted by Crippen LogP contribution is -2.01. The van der Waals surface area contributed by atoms with Gasteiger partial charge in [-0.1, -0.05) is 30.3 Å². The summed E-state index contributed by atoms with van der Waals surface area (Å²) in [6.07, 6.45) is 3.49. The highest BCUT2D eigenvalue weighted by Gasteiger charge is 2.12. The molecule has 6 heteroatoms. The van der Waals surface area contributed by atoms with E-state index in [9.17, 15) is 0 Å². The van der Waals surface area contributed by atoms with E-state index in [0.717, 1.165) is 27.9 Å². The summed E-state index contributed by atoms with van der Waals surface area (Å²) in [5.74, 6) is 4.23. The van der Waals surface area contributed by atoms with Crippen molar-refractivity contribution in [1.29, 1.82) is 0 Å². The molecule has 2 heterocycles. The van der Waals surface area contributed by atoms with Gasteiger partial charge in [0, 0.05) is 17.8 Å². The van der Waals surface area contributed by atoms with Crippen LogP contribution in [-0.2, 0) is 6.61 Å². The van der Waals surface area contributed by atoms with Crippen LogP contribution in [0.4, 0.5) is 11.6 Å². The number of hydrogen-bond acceptors (Lipinski definition) is 5. The molecule has 0 fully saturated rings. The molecular formula is C21H17N5O. The summed E-state index contributed by atoms with van der Waals surface area (Å²) in [6, 6.07) is 17.7. The number of benzene rings is 2. The zero-order chi connectivity index (χ0) is 18.6. The van der Waals surface area contributed by atoms with Gasteiger partial charge in [0.15, 0.2) is 0 Å². The van der Waals surface area contributed by atoms with E-state index in [1.807, 2.05) is 59.3 Å². The van der Waals surface area contributed by atoms with Crippen LogP contribution in [0, 0.1) is 0 Å². The Labute approximate surface area is 156 Å². The van der Waals surface area contributed by atoms with E-state index in [4.69, 9.17) is 10.5 Å². The van der Waals surface area contributed by atoms with Gasteiger partial charge >= 0.3 is 0 Å². The van der Waals surface area contributed by atoms with Crippen molar-refractivity contribution < 1.29 is 4.74 Å². The molecule has 0 radical (unpaired) electrons. The van der Waals surface area contributed by atoms with Gasteiger partial charge in [-0.3, -0.25) is 4.57 Å². The summed E-state index contributed by atoms with van der Waals surface area (Å²) in [6.45, 7) is 4.08. The number of anilines is 1. The molecule has 132 valence electrons. The molecule has 4 aromatic rings. The molecule has 0 bridgehead atoms. The Morgan fingerprint density at radius 1 is 1.15 bits per heavy atom. The van der Waals surface area contributed by atoms with Crippen LogP contribution in [0.3, 0.4) is 0 Å². The molecule has 0 aliphatic heterocycles. The van der Waals surface area contributed by atoms with Crippen LogP contribution in [0.2, 0.25) is 0 Å². The second-order valence-corrected chi connectivity index (χ2v) is 5.88. The fraction of sp³-hybridized carbons (Fsp3) is 0.0476. The highest BCUT2D eigenvalue weighted by Crippen LogP contribution is 2.33. The Bertz CT molecular complexity index is 1140. The topological polar surface area (TPSA) is 78.3 Å². The van der Waals surface area contributed by atoms with E-state index in [0.29, 0.717) is 12.4 Å². The second kappa shape index (κ2) is 7.15. The predicted molar refractivity (Wildman–Crippen MR) is 107 cm³/mol. The molecule has 0 saturated heterocycles. The predicted octanol–water partition coefficient (Wildman–Crippen LogP) is 4.07. The molecule has 6 nitrogen and oxygen atoms in total. The maximum absolute atomic E-state index is 5.93. The molecule has 0 aliphatic rings. The molecule has 0 aliphatic carbocycles. The number of rotatable bonds is 5. The molecule has 0 amide bonds. The number of aromatic nitrogens is 3. The first-order valence-electron chi connectivity index (χ1n) is 8.38. The van der Waals surface area contributed by atoms with Crippen molar-refractivity contribution in [3.63, 3.8) is 0 Å². The first-order valence-corrected chi connectivity index (χ1v) is 8.38. The van der Waals surface area contributed by atoms with Crippen LogP contribution < -0.4 is 10.5 Å². The van der Waals surface area contributed by atoms with Crippen molar-refractivity contribution in [2.45, 2.75) is 6.61 Å². The van der Waals surface area contributed by atoms with Crippen molar-refractivity contribution >= 4 is 28.4 Å². The van der Waals surface area contributed by atoms with Gasteiger partial charge in [0.25, 0.3) is 0 Å². The van der Waals surface area contributed by atoms with Gasteiger partial charge in [-0.15, -0.1) is 0 Å². The average molecular weight is 355 g/mol. The summed E-state index contributed by atoms with van der Waals surface area (Å²) in [5.41, 5.74) is 8.48. The molecule has 2 N–H and O–H groups in total. The summed E-state index contributed by atoms with van der Waals surface area (Å²) >= 11 is 0. The summed E-state index contributed by atoms with van der Waals surface area (Å²) in [4.78, 5) is 12.5. The van der Waals surface area contributed by atoms with Crippen molar-refractivity contribution in [2.24, 2.45) is 4.99 Å². The minimum Gasteiger partial charge on any atom is -0.489 e. The smallest absolute Gasteiger partial charge is 0.221 e. The number of aliphatic imine (C=N–C) groups is 1. The average Bonchev–Trinajstić information content (AvgIpc) is 3.05. The highest BCUT2D eigenvalue weighted by molar-refractivity contribution is 5.94. The van der Waals surface area contributed by atoms with Gasteiger partial charge in [0.2, 0.25) is 5.95 Å². The third-order valence-electron chi connectivity index (χ3n) is 4.11. The molecule has 27 heavy (non-hydrogen) atoms. The normalized spacial score (nSPS) is 10.5. The third kappa shape index (κ3) is 3.42. The Kier molecular flexibility index (Phi) is 4.39. The van der Waals surface area contributed by atoms with Gasteiger partial charge < -0.3 is 10.5 Å². The van der Waals surface area contributed by atoms with Gasteiger partial charge in [-0.25, -0.2) is 9.98 Å². The van der Waals surface area contributed by atoms with Crippen molar-refractivity contribution in [1.82, 2.24) is 14.5 Å². The maximum atomic E-state index is 5.93. The fourth-order valence-electron chi connectivity index (χ4n) is 2.88. The molecule has 2 aromatic heterocycles. The quantitative estimate of drug-likeness (QED) is 0.547. The molecule has 0 atom stereocenters. The van der Waals surface area contributed by atoms with Crippen molar-refractivity contribution in [3.8, 4) is 11.6 Å². The molecule has 0 saturated carbocycles. The lowest BCUT2D eigenvalue weighted by Gasteiger charge is -2.08. The van der Waals surface area contributed by atoms with Gasteiger partial charge in [0.1, 0.15) is 18.2 Å². The number of fused-ring (bicyclic) bond motifs is 1. The number of hydrogen-bond donors (Lipinski definition) is 1. The van der Waals surface area contributed by atoms with E-state index >= 15 is 0 Å². The van der Waals surface area contributed by atoms with E-state index in [1.54, 1.807) is 12.3 Å². The molecule has 0 spiro atoms. The minimum atomic E-state index is 0.214. The molecule has 4 rings (SSSR count).